The Kier molecular flexibility index (Phi) is 23.0. The van der Waals surface area contributed by atoms with Crippen LogP contribution in [0.3, 0.4) is 0 Å². The normalized spacial score (nSPS) is 14.5. The summed E-state index contributed by atoms with van der Waals surface area (Å²) in [6.45, 7) is 10.0. The number of hydrogen-bond acceptors (Lipinski definition) is 10. The van der Waals surface area contributed by atoms with E-state index in [1.807, 2.05) is 0 Å². The summed E-state index contributed by atoms with van der Waals surface area (Å²) < 4.78 is 0. The molecule has 1 aromatic heterocycles. The zero-order valence-electron chi connectivity index (χ0n) is 19.9. The van der Waals surface area contributed by atoms with Crippen LogP contribution in [0.1, 0.15) is 30.6 Å². The molecule has 0 unspecified atom stereocenters. The van der Waals surface area contributed by atoms with Crippen LogP contribution in [0.2, 0.25) is 0 Å². The largest absolute Gasteiger partial charge is 3.00 e. The van der Waals surface area contributed by atoms with Crippen LogP contribution in [0.15, 0.2) is 24.5 Å². The van der Waals surface area contributed by atoms with E-state index >= 15 is 0 Å². The molecule has 1 fully saturated rings. The van der Waals surface area contributed by atoms with Crippen molar-refractivity contribution in [1.29, 1.82) is 0 Å². The Morgan fingerprint density at radius 2 is 1.15 bits per heavy atom. The molecule has 12 nitrogen and oxygen atoms in total. The molecule has 187 valence electrons. The third kappa shape index (κ3) is 27.6. The number of hydrogen-bond donors (Lipinski definition) is 1. The van der Waals surface area contributed by atoms with Crippen LogP contribution in [0.4, 0.5) is 0 Å². The molecule has 2 heterocycles. The summed E-state index contributed by atoms with van der Waals surface area (Å²) in [6.07, 6.45) is 3.14. The van der Waals surface area contributed by atoms with E-state index in [1.165, 1.54) is 65.5 Å². The Morgan fingerprint density at radius 1 is 0.879 bits per heavy atom. The van der Waals surface area contributed by atoms with E-state index in [0.29, 0.717) is 5.56 Å². The Morgan fingerprint density at radius 3 is 1.30 bits per heavy atom. The first kappa shape index (κ1) is 35.3. The number of nitrogens with two attached hydrogens (primary N) is 1. The maximum Gasteiger partial charge on any atom is 3.00 e. The molecular formula is C20H35N6O6Ru+2. The monoisotopic (exact) mass is 557 g/mol. The Balaban J connectivity index is -0.000000384. The number of aromatic nitrogens is 1. The second-order valence-corrected chi connectivity index (χ2v) is 7.31. The van der Waals surface area contributed by atoms with Crippen LogP contribution in [0.5, 0.6) is 0 Å². The van der Waals surface area contributed by atoms with E-state index in [9.17, 15) is 14.4 Å². The van der Waals surface area contributed by atoms with E-state index in [4.69, 9.17) is 21.1 Å². The topological polar surface area (TPSA) is 166 Å². The summed E-state index contributed by atoms with van der Waals surface area (Å²) in [4.78, 5) is 49.6. The van der Waals surface area contributed by atoms with Crippen LogP contribution in [0, 0.1) is 15.3 Å². The van der Waals surface area contributed by atoms with Gasteiger partial charge in [0.15, 0.2) is 0 Å². The van der Waals surface area contributed by atoms with Crippen LogP contribution >= 0.6 is 0 Å². The first-order valence-corrected chi connectivity index (χ1v) is 9.91. The van der Waals surface area contributed by atoms with Gasteiger partial charge in [0, 0.05) is 57.2 Å². The van der Waals surface area contributed by atoms with Gasteiger partial charge in [-0.15, -0.1) is 0 Å². The summed E-state index contributed by atoms with van der Waals surface area (Å²) in [5.41, 5.74) is 5.44. The van der Waals surface area contributed by atoms with Crippen molar-refractivity contribution in [3.63, 3.8) is 0 Å². The summed E-state index contributed by atoms with van der Waals surface area (Å²) in [5.74, 6) is -0.544. The zero-order chi connectivity index (χ0) is 25.1. The van der Waals surface area contributed by atoms with Gasteiger partial charge < -0.3 is 35.8 Å². The zero-order valence-corrected chi connectivity index (χ0v) is 21.6. The molecule has 0 atom stereocenters. The Labute approximate surface area is 208 Å². The van der Waals surface area contributed by atoms with Crippen molar-refractivity contribution in [2.75, 3.05) is 60.4 Å². The smallest absolute Gasteiger partial charge is 0.366 e. The number of amides is 1. The third-order valence-corrected chi connectivity index (χ3v) is 4.05. The van der Waals surface area contributed by atoms with Crippen molar-refractivity contribution in [3.05, 3.63) is 45.4 Å². The number of nitrogens with zero attached hydrogens (tertiary/aromatic N) is 5. The number of carbonyl (C=O) groups is 3. The third-order valence-electron chi connectivity index (χ3n) is 4.05. The minimum atomic E-state index is -1.75. The molecule has 2 N–H and O–H groups in total. The molecule has 0 aliphatic carbocycles. The number of Topliss-reactive ketones (excluding diaryl/α,β-unsaturated/α-hetero) is 2. The molecule has 0 bridgehead atoms. The van der Waals surface area contributed by atoms with Gasteiger partial charge in [-0.3, -0.25) is 19.4 Å². The van der Waals surface area contributed by atoms with Crippen LogP contribution in [0.25, 0.3) is 0 Å². The maximum atomic E-state index is 10.4. The fourth-order valence-corrected chi connectivity index (χ4v) is 2.23. The van der Waals surface area contributed by atoms with Gasteiger partial charge in [-0.25, -0.2) is 0 Å². The molecule has 0 spiro atoms. The molecule has 1 aliphatic rings. The van der Waals surface area contributed by atoms with E-state index in [-0.39, 0.29) is 37.5 Å². The van der Waals surface area contributed by atoms with Crippen molar-refractivity contribution >= 4 is 17.5 Å². The summed E-state index contributed by atoms with van der Waals surface area (Å²) in [5, 5.41) is 14.8. The average Bonchev–Trinajstić information content (AvgIpc) is 2.75. The molecule has 2 rings (SSSR count). The molecule has 1 radical (unpaired) electrons. The molecule has 1 aromatic rings. The minimum absolute atomic E-state index is 0. The summed E-state index contributed by atoms with van der Waals surface area (Å²) >= 11 is 0. The van der Waals surface area contributed by atoms with Gasteiger partial charge in [-0.1, -0.05) is 0 Å². The van der Waals surface area contributed by atoms with Crippen LogP contribution in [-0.4, -0.2) is 103 Å². The number of rotatable bonds is 3. The number of carbonyl (C=O) groups excluding carboxylic acids is 3. The predicted octanol–water partition coefficient (Wildman–Crippen LogP) is 0.289. The molecular weight excluding hydrogens is 521 g/mol. The first-order valence-electron chi connectivity index (χ1n) is 9.91. The van der Waals surface area contributed by atoms with Gasteiger partial charge in [0.25, 0.3) is 0 Å². The molecule has 1 aliphatic heterocycles. The second-order valence-electron chi connectivity index (χ2n) is 7.31. The van der Waals surface area contributed by atoms with Crippen molar-refractivity contribution < 1.29 is 38.9 Å². The molecule has 0 saturated carbocycles. The molecule has 1 saturated heterocycles. The van der Waals surface area contributed by atoms with E-state index in [0.717, 1.165) is 0 Å². The SMILES string of the molecule is CC(=O)CC(C)=O.CN1CCN(C)CCN(C)CC1.NC(=O)c1ccncc1.O=[N+]([O-])[O-].[Ru+3]. The number of pyridine rings is 1. The second kappa shape index (κ2) is 21.5. The summed E-state index contributed by atoms with van der Waals surface area (Å²) in [6, 6.07) is 3.14. The first-order chi connectivity index (χ1) is 14.8. The van der Waals surface area contributed by atoms with Crippen LogP contribution in [-0.2, 0) is 29.1 Å². The predicted molar refractivity (Wildman–Crippen MR) is 122 cm³/mol. The summed E-state index contributed by atoms with van der Waals surface area (Å²) in [7, 11) is 6.60. The van der Waals surface area contributed by atoms with E-state index in [2.05, 4.69) is 40.8 Å². The maximum absolute atomic E-state index is 10.4. The Hall–Kier alpha value is -2.34. The molecule has 1 amide bonds. The van der Waals surface area contributed by atoms with Crippen molar-refractivity contribution in [1.82, 2.24) is 19.7 Å². The fourth-order valence-electron chi connectivity index (χ4n) is 2.23. The molecule has 33 heavy (non-hydrogen) atoms. The number of ketones is 2. The van der Waals surface area contributed by atoms with Gasteiger partial charge in [0.1, 0.15) is 11.6 Å². The van der Waals surface area contributed by atoms with Gasteiger partial charge >= 0.3 is 19.5 Å². The number of primary amides is 1. The fraction of sp³-hybridized carbons (Fsp3) is 0.600. The molecule has 13 heteroatoms. The van der Waals surface area contributed by atoms with Crippen molar-refractivity contribution in [2.24, 2.45) is 5.73 Å². The quantitative estimate of drug-likeness (QED) is 0.237. The average molecular weight is 557 g/mol. The Bertz CT molecular complexity index is 643. The van der Waals surface area contributed by atoms with Crippen molar-refractivity contribution in [2.45, 2.75) is 20.3 Å². The van der Waals surface area contributed by atoms with Gasteiger partial charge in [-0.05, 0) is 47.1 Å². The van der Waals surface area contributed by atoms with E-state index < -0.39 is 11.0 Å². The van der Waals surface area contributed by atoms with Gasteiger partial charge in [0.2, 0.25) is 5.91 Å². The number of likely N-dealkylation sites (N-methyl/N-ethyl adjacent to an activating group) is 3. The van der Waals surface area contributed by atoms with Gasteiger partial charge in [-0.2, -0.15) is 0 Å². The standard InChI is InChI=1S/C9H21N3.C6H6N2O.C5H8O2.NO3.Ru/c1-10-4-6-11(2)8-9-12(3)7-5-10;7-6(9)5-1-3-8-4-2-5;1-4(6)3-5(2)7;2-1(3)4;/h4-9H2,1-3H3;1-4H,(H2,7,9);3H2,1-2H3;;/q;;;-1;+3. The van der Waals surface area contributed by atoms with Crippen LogP contribution < -0.4 is 5.73 Å². The molecule has 0 aromatic carbocycles. The van der Waals surface area contributed by atoms with Crippen molar-refractivity contribution in [3.8, 4) is 0 Å². The minimum Gasteiger partial charge on any atom is -0.366 e. The van der Waals surface area contributed by atoms with E-state index in [1.54, 1.807) is 12.1 Å². The van der Waals surface area contributed by atoms with Gasteiger partial charge in [0.05, 0.1) is 11.5 Å².